The lowest BCUT2D eigenvalue weighted by atomic mass is 10.2. The SMILES string of the molecule is C=C.C=C(C)/C(N)=C\C=C/C. The van der Waals surface area contributed by atoms with E-state index in [1.54, 1.807) is 0 Å². The summed E-state index contributed by atoms with van der Waals surface area (Å²) in [6, 6.07) is 0. The van der Waals surface area contributed by atoms with Crippen molar-refractivity contribution in [3.63, 3.8) is 0 Å². The van der Waals surface area contributed by atoms with Crippen LogP contribution in [-0.2, 0) is 0 Å². The molecule has 0 bridgehead atoms. The summed E-state index contributed by atoms with van der Waals surface area (Å²) >= 11 is 0. The minimum atomic E-state index is 0.744. The summed E-state index contributed by atoms with van der Waals surface area (Å²) in [6.45, 7) is 13.5. The Morgan fingerprint density at radius 2 is 1.82 bits per heavy atom. The predicted molar refractivity (Wildman–Crippen MR) is 53.2 cm³/mol. The molecule has 0 aliphatic heterocycles. The van der Waals surface area contributed by atoms with Gasteiger partial charge in [-0.15, -0.1) is 13.2 Å². The van der Waals surface area contributed by atoms with Gasteiger partial charge >= 0.3 is 0 Å². The number of hydrogen-bond donors (Lipinski definition) is 1. The van der Waals surface area contributed by atoms with Crippen LogP contribution in [0.4, 0.5) is 0 Å². The minimum absolute atomic E-state index is 0.744. The molecule has 0 amide bonds. The molecule has 0 fully saturated rings. The standard InChI is InChI=1S/C8H13N.C2H4/c1-4-5-6-8(9)7(2)3;1-2/h4-6H,2,9H2,1,3H3;1-2H2/b5-4-,8-6+;. The zero-order chi connectivity index (χ0) is 9.28. The first-order valence-corrected chi connectivity index (χ1v) is 3.42. The van der Waals surface area contributed by atoms with E-state index < -0.39 is 0 Å². The van der Waals surface area contributed by atoms with Crippen molar-refractivity contribution in [2.45, 2.75) is 13.8 Å². The molecular formula is C10H17N. The maximum absolute atomic E-state index is 5.51. The molecule has 1 nitrogen and oxygen atoms in total. The number of hydrogen-bond acceptors (Lipinski definition) is 1. The van der Waals surface area contributed by atoms with Crippen LogP contribution in [0.15, 0.2) is 49.2 Å². The fourth-order valence-electron chi connectivity index (χ4n) is 0.342. The number of nitrogens with two attached hydrogens (primary N) is 1. The van der Waals surface area contributed by atoms with Gasteiger partial charge in [0.2, 0.25) is 0 Å². The van der Waals surface area contributed by atoms with Crippen LogP contribution in [0, 0.1) is 0 Å². The Balaban J connectivity index is 0. The lowest BCUT2D eigenvalue weighted by molar-refractivity contribution is 1.30. The molecule has 0 aromatic rings. The molecule has 0 unspecified atom stereocenters. The predicted octanol–water partition coefficient (Wildman–Crippen LogP) is 2.78. The molecular weight excluding hydrogens is 134 g/mol. The molecule has 0 aliphatic rings. The maximum Gasteiger partial charge on any atom is 0.0337 e. The van der Waals surface area contributed by atoms with E-state index in [9.17, 15) is 0 Å². The third-order valence-electron chi connectivity index (χ3n) is 0.961. The van der Waals surface area contributed by atoms with Gasteiger partial charge in [-0.3, -0.25) is 0 Å². The van der Waals surface area contributed by atoms with Crippen LogP contribution in [0.5, 0.6) is 0 Å². The van der Waals surface area contributed by atoms with Gasteiger partial charge in [0, 0.05) is 5.70 Å². The van der Waals surface area contributed by atoms with Gasteiger partial charge in [0.15, 0.2) is 0 Å². The first-order valence-electron chi connectivity index (χ1n) is 3.42. The van der Waals surface area contributed by atoms with E-state index in [2.05, 4.69) is 19.7 Å². The summed E-state index contributed by atoms with van der Waals surface area (Å²) in [5.74, 6) is 0. The highest BCUT2D eigenvalue weighted by atomic mass is 14.6. The molecule has 0 saturated carbocycles. The molecule has 0 saturated heterocycles. The van der Waals surface area contributed by atoms with Crippen molar-refractivity contribution in [3.8, 4) is 0 Å². The molecule has 0 heterocycles. The molecule has 0 aromatic carbocycles. The van der Waals surface area contributed by atoms with Crippen LogP contribution < -0.4 is 5.73 Å². The molecule has 0 atom stereocenters. The maximum atomic E-state index is 5.51. The molecule has 11 heavy (non-hydrogen) atoms. The summed E-state index contributed by atoms with van der Waals surface area (Å²) in [5, 5.41) is 0. The molecule has 62 valence electrons. The summed E-state index contributed by atoms with van der Waals surface area (Å²) in [4.78, 5) is 0. The summed E-state index contributed by atoms with van der Waals surface area (Å²) in [5.41, 5.74) is 7.17. The highest BCUT2D eigenvalue weighted by molar-refractivity contribution is 5.26. The largest absolute Gasteiger partial charge is 0.399 e. The van der Waals surface area contributed by atoms with E-state index in [4.69, 9.17) is 5.73 Å². The van der Waals surface area contributed by atoms with Crippen molar-refractivity contribution < 1.29 is 0 Å². The van der Waals surface area contributed by atoms with Gasteiger partial charge < -0.3 is 5.73 Å². The van der Waals surface area contributed by atoms with Gasteiger partial charge in [-0.25, -0.2) is 0 Å². The molecule has 0 radical (unpaired) electrons. The van der Waals surface area contributed by atoms with Crippen molar-refractivity contribution in [2.75, 3.05) is 0 Å². The molecule has 0 aromatic heterocycles. The lowest BCUT2D eigenvalue weighted by Crippen LogP contribution is -1.95. The quantitative estimate of drug-likeness (QED) is 0.476. The Kier molecular flexibility index (Phi) is 9.90. The second-order valence-electron chi connectivity index (χ2n) is 1.93. The minimum Gasteiger partial charge on any atom is -0.399 e. The zero-order valence-corrected chi connectivity index (χ0v) is 7.43. The van der Waals surface area contributed by atoms with Crippen LogP contribution in [0.1, 0.15) is 13.8 Å². The third-order valence-corrected chi connectivity index (χ3v) is 0.961. The Hall–Kier alpha value is -1.24. The Bertz CT molecular complexity index is 164. The Labute approximate surface area is 69.6 Å². The van der Waals surface area contributed by atoms with Crippen molar-refractivity contribution in [3.05, 3.63) is 49.2 Å². The Morgan fingerprint density at radius 1 is 1.36 bits per heavy atom. The highest BCUT2D eigenvalue weighted by Crippen LogP contribution is 1.97. The second kappa shape index (κ2) is 8.76. The average Bonchev–Trinajstić information content (AvgIpc) is 2.03. The summed E-state index contributed by atoms with van der Waals surface area (Å²) in [6.07, 6.45) is 5.65. The monoisotopic (exact) mass is 151 g/mol. The zero-order valence-electron chi connectivity index (χ0n) is 7.43. The van der Waals surface area contributed by atoms with E-state index in [0.29, 0.717) is 0 Å². The normalized spacial score (nSPS) is 10.5. The van der Waals surface area contributed by atoms with E-state index in [0.717, 1.165) is 11.3 Å². The van der Waals surface area contributed by atoms with E-state index in [-0.39, 0.29) is 0 Å². The summed E-state index contributed by atoms with van der Waals surface area (Å²) < 4.78 is 0. The molecule has 1 heteroatoms. The highest BCUT2D eigenvalue weighted by Gasteiger charge is 1.83. The smallest absolute Gasteiger partial charge is 0.0337 e. The van der Waals surface area contributed by atoms with Crippen molar-refractivity contribution in [1.82, 2.24) is 0 Å². The third kappa shape index (κ3) is 8.76. The van der Waals surface area contributed by atoms with E-state index in [1.165, 1.54) is 0 Å². The topological polar surface area (TPSA) is 26.0 Å². The number of rotatable bonds is 2. The van der Waals surface area contributed by atoms with E-state index in [1.807, 2.05) is 32.1 Å². The van der Waals surface area contributed by atoms with Gasteiger partial charge in [-0.05, 0) is 25.5 Å². The first-order chi connectivity index (χ1) is 5.18. The van der Waals surface area contributed by atoms with Crippen LogP contribution >= 0.6 is 0 Å². The van der Waals surface area contributed by atoms with Crippen LogP contribution in [0.2, 0.25) is 0 Å². The number of allylic oxidation sites excluding steroid dienone is 4. The Morgan fingerprint density at radius 3 is 2.09 bits per heavy atom. The van der Waals surface area contributed by atoms with Crippen molar-refractivity contribution in [2.24, 2.45) is 5.73 Å². The van der Waals surface area contributed by atoms with E-state index >= 15 is 0 Å². The first kappa shape index (κ1) is 12.4. The molecule has 2 N–H and O–H groups in total. The van der Waals surface area contributed by atoms with Gasteiger partial charge in [-0.1, -0.05) is 18.7 Å². The fourth-order valence-corrected chi connectivity index (χ4v) is 0.342. The van der Waals surface area contributed by atoms with Gasteiger partial charge in [-0.2, -0.15) is 0 Å². The van der Waals surface area contributed by atoms with Gasteiger partial charge in [0.1, 0.15) is 0 Å². The lowest BCUT2D eigenvalue weighted by Gasteiger charge is -1.93. The van der Waals surface area contributed by atoms with Crippen LogP contribution in [0.3, 0.4) is 0 Å². The summed E-state index contributed by atoms with van der Waals surface area (Å²) in [7, 11) is 0. The molecule has 0 rings (SSSR count). The average molecular weight is 151 g/mol. The fraction of sp³-hybridized carbons (Fsp3) is 0.200. The van der Waals surface area contributed by atoms with Crippen molar-refractivity contribution in [1.29, 1.82) is 0 Å². The van der Waals surface area contributed by atoms with Crippen molar-refractivity contribution >= 4 is 0 Å². The molecule has 0 aliphatic carbocycles. The van der Waals surface area contributed by atoms with Crippen LogP contribution in [0.25, 0.3) is 0 Å². The molecule has 0 spiro atoms. The second-order valence-corrected chi connectivity index (χ2v) is 1.93. The van der Waals surface area contributed by atoms with Crippen LogP contribution in [-0.4, -0.2) is 0 Å². The van der Waals surface area contributed by atoms with Gasteiger partial charge in [0.25, 0.3) is 0 Å². The van der Waals surface area contributed by atoms with Gasteiger partial charge in [0.05, 0.1) is 0 Å².